The molecule has 1 saturated carbocycles. The van der Waals surface area contributed by atoms with Crippen molar-refractivity contribution in [2.45, 2.75) is 52.1 Å². The van der Waals surface area contributed by atoms with Crippen LogP contribution in [-0.4, -0.2) is 28.9 Å². The van der Waals surface area contributed by atoms with Gasteiger partial charge in [0.2, 0.25) is 0 Å². The largest absolute Gasteiger partial charge is 0.388 e. The summed E-state index contributed by atoms with van der Waals surface area (Å²) in [6.07, 6.45) is 10.7. The Morgan fingerprint density at radius 2 is 1.88 bits per heavy atom. The third-order valence-electron chi connectivity index (χ3n) is 6.47. The minimum Gasteiger partial charge on any atom is -0.388 e. The van der Waals surface area contributed by atoms with E-state index >= 15 is 0 Å². The lowest BCUT2D eigenvalue weighted by molar-refractivity contribution is -0.114. The lowest BCUT2D eigenvalue weighted by Gasteiger charge is -2.38. The standard InChI is InChI=1S/C23H27NO2/c1-4-18-20(25)14-16-5-6-17(22(26)15(2)3)13-19(16)21(18)24-11-9-23(7-8-23)10-12-24/h1,5-6,13,15,22,26H,7-12,14H2,2-3H3. The smallest absolute Gasteiger partial charge is 0.177 e. The Labute approximate surface area is 156 Å². The molecule has 2 fully saturated rings. The van der Waals surface area contributed by atoms with Crippen LogP contribution in [0, 0.1) is 23.7 Å². The first-order chi connectivity index (χ1) is 12.4. The maximum atomic E-state index is 12.6. The van der Waals surface area contributed by atoms with Gasteiger partial charge in [0.1, 0.15) is 0 Å². The van der Waals surface area contributed by atoms with Crippen LogP contribution in [0.5, 0.6) is 0 Å². The van der Waals surface area contributed by atoms with Crippen molar-refractivity contribution in [2.24, 2.45) is 11.3 Å². The van der Waals surface area contributed by atoms with E-state index in [1.807, 2.05) is 26.0 Å². The monoisotopic (exact) mass is 349 g/mol. The molecule has 0 bridgehead atoms. The molecular weight excluding hydrogens is 322 g/mol. The van der Waals surface area contributed by atoms with Gasteiger partial charge in [0.15, 0.2) is 5.78 Å². The van der Waals surface area contributed by atoms with Gasteiger partial charge in [0.25, 0.3) is 0 Å². The van der Waals surface area contributed by atoms with Crippen LogP contribution in [0.1, 0.15) is 62.3 Å². The van der Waals surface area contributed by atoms with Gasteiger partial charge in [-0.25, -0.2) is 0 Å². The van der Waals surface area contributed by atoms with Crippen molar-refractivity contribution in [1.29, 1.82) is 0 Å². The number of allylic oxidation sites excluding steroid dienone is 1. The van der Waals surface area contributed by atoms with E-state index in [0.717, 1.165) is 35.5 Å². The molecule has 26 heavy (non-hydrogen) atoms. The fraction of sp³-hybridized carbons (Fsp3) is 0.522. The number of rotatable bonds is 3. The molecule has 1 aliphatic heterocycles. The van der Waals surface area contributed by atoms with Crippen LogP contribution in [0.25, 0.3) is 5.70 Å². The summed E-state index contributed by atoms with van der Waals surface area (Å²) in [6, 6.07) is 6.00. The zero-order chi connectivity index (χ0) is 18.5. The highest BCUT2D eigenvalue weighted by Gasteiger charge is 2.45. The van der Waals surface area contributed by atoms with E-state index in [2.05, 4.69) is 16.9 Å². The van der Waals surface area contributed by atoms with Gasteiger partial charge in [-0.15, -0.1) is 6.42 Å². The molecule has 3 heteroatoms. The summed E-state index contributed by atoms with van der Waals surface area (Å²) in [4.78, 5) is 15.0. The van der Waals surface area contributed by atoms with E-state index in [9.17, 15) is 9.90 Å². The molecule has 136 valence electrons. The molecule has 1 spiro atoms. The van der Waals surface area contributed by atoms with Crippen LogP contribution in [-0.2, 0) is 11.2 Å². The van der Waals surface area contributed by atoms with Crippen LogP contribution in [0.3, 0.4) is 0 Å². The zero-order valence-electron chi connectivity index (χ0n) is 15.7. The topological polar surface area (TPSA) is 40.5 Å². The molecule has 1 aromatic carbocycles. The summed E-state index contributed by atoms with van der Waals surface area (Å²) < 4.78 is 0. The second-order valence-electron chi connectivity index (χ2n) is 8.56. The Kier molecular flexibility index (Phi) is 4.20. The van der Waals surface area contributed by atoms with E-state index in [4.69, 9.17) is 6.42 Å². The van der Waals surface area contributed by atoms with Crippen molar-refractivity contribution < 1.29 is 9.90 Å². The van der Waals surface area contributed by atoms with E-state index < -0.39 is 6.10 Å². The number of carbonyl (C=O) groups is 1. The predicted molar refractivity (Wildman–Crippen MR) is 103 cm³/mol. The van der Waals surface area contributed by atoms with Crippen molar-refractivity contribution in [3.05, 3.63) is 40.5 Å². The van der Waals surface area contributed by atoms with E-state index in [-0.39, 0.29) is 11.7 Å². The third kappa shape index (κ3) is 2.87. The number of hydrogen-bond acceptors (Lipinski definition) is 3. The summed E-state index contributed by atoms with van der Waals surface area (Å²) in [7, 11) is 0. The summed E-state index contributed by atoms with van der Waals surface area (Å²) in [5.74, 6) is 2.86. The number of Topliss-reactive ketones (excluding diaryl/α,β-unsaturated/α-hetero) is 1. The average Bonchev–Trinajstić information content (AvgIpc) is 3.39. The number of nitrogens with zero attached hydrogens (tertiary/aromatic N) is 1. The SMILES string of the molecule is C#CC1=C(N2CCC3(CC2)CC3)c2cc(C(O)C(C)C)ccc2CC1=O. The summed E-state index contributed by atoms with van der Waals surface area (Å²) in [5.41, 5.74) is 4.98. The molecular formula is C23H27NO2. The van der Waals surface area contributed by atoms with E-state index in [0.29, 0.717) is 17.4 Å². The Hall–Kier alpha value is -2.05. The van der Waals surface area contributed by atoms with Gasteiger partial charge in [-0.05, 0) is 54.2 Å². The normalized spacial score (nSPS) is 22.4. The van der Waals surface area contributed by atoms with Crippen molar-refractivity contribution >= 4 is 11.5 Å². The van der Waals surface area contributed by atoms with Gasteiger partial charge in [-0.3, -0.25) is 4.79 Å². The summed E-state index contributed by atoms with van der Waals surface area (Å²) in [5, 5.41) is 10.5. The maximum absolute atomic E-state index is 12.6. The second-order valence-corrected chi connectivity index (χ2v) is 8.56. The Morgan fingerprint density at radius 3 is 2.46 bits per heavy atom. The van der Waals surface area contributed by atoms with Gasteiger partial charge in [0, 0.05) is 25.1 Å². The van der Waals surface area contributed by atoms with Crippen LogP contribution in [0.4, 0.5) is 0 Å². The zero-order valence-corrected chi connectivity index (χ0v) is 15.7. The minimum atomic E-state index is -0.510. The number of aliphatic hydroxyl groups is 1. The summed E-state index contributed by atoms with van der Waals surface area (Å²) >= 11 is 0. The van der Waals surface area contributed by atoms with Gasteiger partial charge in [0.05, 0.1) is 17.4 Å². The fourth-order valence-corrected chi connectivity index (χ4v) is 4.42. The first-order valence-electron chi connectivity index (χ1n) is 9.74. The molecule has 1 aromatic rings. The van der Waals surface area contributed by atoms with E-state index in [1.54, 1.807) is 0 Å². The highest BCUT2D eigenvalue weighted by atomic mass is 16.3. The van der Waals surface area contributed by atoms with Crippen LogP contribution >= 0.6 is 0 Å². The highest BCUT2D eigenvalue weighted by molar-refractivity contribution is 6.10. The molecule has 1 heterocycles. The lowest BCUT2D eigenvalue weighted by atomic mass is 9.84. The summed E-state index contributed by atoms with van der Waals surface area (Å²) in [6.45, 7) is 5.95. The molecule has 1 N–H and O–H groups in total. The Balaban J connectivity index is 1.76. The molecule has 0 aromatic heterocycles. The first kappa shape index (κ1) is 17.4. The quantitative estimate of drug-likeness (QED) is 0.846. The first-order valence-corrected chi connectivity index (χ1v) is 9.74. The molecule has 1 saturated heterocycles. The van der Waals surface area contributed by atoms with Crippen LogP contribution in [0.15, 0.2) is 23.8 Å². The molecule has 2 aliphatic carbocycles. The van der Waals surface area contributed by atoms with E-state index in [1.165, 1.54) is 25.7 Å². The molecule has 3 aliphatic rings. The van der Waals surface area contributed by atoms with Gasteiger partial charge in [-0.2, -0.15) is 0 Å². The Morgan fingerprint density at radius 1 is 1.19 bits per heavy atom. The Bertz CT molecular complexity index is 813. The second kappa shape index (κ2) is 6.28. The van der Waals surface area contributed by atoms with Gasteiger partial charge in [-0.1, -0.05) is 31.9 Å². The third-order valence-corrected chi connectivity index (χ3v) is 6.47. The lowest BCUT2D eigenvalue weighted by Crippen LogP contribution is -2.36. The average molecular weight is 349 g/mol. The number of aliphatic hydroxyl groups excluding tert-OH is 1. The van der Waals surface area contributed by atoms with Gasteiger partial charge < -0.3 is 10.0 Å². The number of piperidine rings is 1. The maximum Gasteiger partial charge on any atom is 0.177 e. The van der Waals surface area contributed by atoms with Crippen molar-refractivity contribution in [3.63, 3.8) is 0 Å². The number of carbonyl (C=O) groups excluding carboxylic acids is 1. The van der Waals surface area contributed by atoms with Crippen molar-refractivity contribution in [3.8, 4) is 12.3 Å². The number of terminal acetylenes is 1. The van der Waals surface area contributed by atoms with Crippen LogP contribution in [0.2, 0.25) is 0 Å². The van der Waals surface area contributed by atoms with Crippen LogP contribution < -0.4 is 0 Å². The molecule has 0 amide bonds. The van der Waals surface area contributed by atoms with Crippen molar-refractivity contribution in [2.75, 3.05) is 13.1 Å². The molecule has 0 radical (unpaired) electrons. The fourth-order valence-electron chi connectivity index (χ4n) is 4.42. The number of fused-ring (bicyclic) bond motifs is 1. The number of likely N-dealkylation sites (tertiary alicyclic amines) is 1. The molecule has 3 nitrogen and oxygen atoms in total. The number of benzene rings is 1. The number of hydrogen-bond donors (Lipinski definition) is 1. The number of ketones is 1. The highest BCUT2D eigenvalue weighted by Crippen LogP contribution is 2.54. The molecule has 1 atom stereocenters. The molecule has 4 rings (SSSR count). The van der Waals surface area contributed by atoms with Crippen molar-refractivity contribution in [1.82, 2.24) is 4.90 Å². The van der Waals surface area contributed by atoms with Gasteiger partial charge >= 0.3 is 0 Å². The molecule has 1 unspecified atom stereocenters. The minimum absolute atomic E-state index is 0.0406. The predicted octanol–water partition coefficient (Wildman–Crippen LogP) is 3.72.